The van der Waals surface area contributed by atoms with Crippen LogP contribution in [0.2, 0.25) is 0 Å². The van der Waals surface area contributed by atoms with Crippen LogP contribution in [0.1, 0.15) is 11.8 Å². The van der Waals surface area contributed by atoms with E-state index in [9.17, 15) is 4.79 Å². The first-order chi connectivity index (χ1) is 10.7. The van der Waals surface area contributed by atoms with Gasteiger partial charge in [0.1, 0.15) is 0 Å². The fraction of sp³-hybridized carbons (Fsp3) is 0.133. The first kappa shape index (κ1) is 14.7. The lowest BCUT2D eigenvalue weighted by molar-refractivity contribution is -0.119. The van der Waals surface area contributed by atoms with E-state index < -0.39 is 0 Å². The Bertz CT molecular complexity index is 775. The fourth-order valence-electron chi connectivity index (χ4n) is 1.83. The number of carbonyl (C=O) groups excluding carboxylic acids is 1. The van der Waals surface area contributed by atoms with Crippen molar-refractivity contribution in [2.75, 3.05) is 11.9 Å². The Morgan fingerprint density at radius 2 is 2.14 bits per heavy atom. The molecule has 0 fully saturated rings. The van der Waals surface area contributed by atoms with Crippen LogP contribution in [-0.4, -0.2) is 23.1 Å². The van der Waals surface area contributed by atoms with E-state index in [0.717, 1.165) is 25.9 Å². The standard InChI is InChI=1S/C15H14N4OS2/c1-10(12-7-4-8-21-12)18-19-14(20)9-16-15-17-11-5-2-3-6-13(11)22-15/h2-8H,9H2,1H3,(H,16,17)(H,19,20)/b18-10-. The Balaban J connectivity index is 1.55. The molecule has 7 heteroatoms. The Morgan fingerprint density at radius 1 is 1.27 bits per heavy atom. The predicted octanol–water partition coefficient (Wildman–Crippen LogP) is 3.31. The molecule has 0 aliphatic heterocycles. The zero-order valence-electron chi connectivity index (χ0n) is 11.9. The van der Waals surface area contributed by atoms with E-state index in [1.165, 1.54) is 11.3 Å². The Labute approximate surface area is 135 Å². The van der Waals surface area contributed by atoms with Crippen molar-refractivity contribution < 1.29 is 4.79 Å². The Kier molecular flexibility index (Phi) is 4.45. The molecule has 0 saturated heterocycles. The molecule has 112 valence electrons. The number of amides is 1. The average molecular weight is 330 g/mol. The summed E-state index contributed by atoms with van der Waals surface area (Å²) in [5.74, 6) is -0.199. The van der Waals surface area contributed by atoms with Gasteiger partial charge in [-0.2, -0.15) is 5.10 Å². The summed E-state index contributed by atoms with van der Waals surface area (Å²) in [6.45, 7) is 2.01. The van der Waals surface area contributed by atoms with Crippen molar-refractivity contribution in [2.24, 2.45) is 5.10 Å². The molecule has 0 aliphatic rings. The molecule has 0 atom stereocenters. The van der Waals surface area contributed by atoms with E-state index in [-0.39, 0.29) is 12.5 Å². The highest BCUT2D eigenvalue weighted by Crippen LogP contribution is 2.24. The number of anilines is 1. The molecule has 0 radical (unpaired) electrons. The lowest BCUT2D eigenvalue weighted by Crippen LogP contribution is -2.26. The van der Waals surface area contributed by atoms with Crippen molar-refractivity contribution >= 4 is 49.6 Å². The van der Waals surface area contributed by atoms with Gasteiger partial charge in [-0.3, -0.25) is 4.79 Å². The van der Waals surface area contributed by atoms with Gasteiger partial charge in [0.25, 0.3) is 5.91 Å². The molecule has 3 rings (SSSR count). The molecule has 1 amide bonds. The maximum absolute atomic E-state index is 11.8. The third-order valence-electron chi connectivity index (χ3n) is 2.92. The highest BCUT2D eigenvalue weighted by Gasteiger charge is 2.05. The molecule has 0 unspecified atom stereocenters. The first-order valence-corrected chi connectivity index (χ1v) is 8.38. The number of thiophene rings is 1. The van der Waals surface area contributed by atoms with Crippen LogP contribution in [0.15, 0.2) is 46.9 Å². The first-order valence-electron chi connectivity index (χ1n) is 6.69. The van der Waals surface area contributed by atoms with Gasteiger partial charge < -0.3 is 5.32 Å². The van der Waals surface area contributed by atoms with Gasteiger partial charge in [-0.25, -0.2) is 10.4 Å². The number of rotatable bonds is 5. The molecule has 2 heterocycles. The zero-order valence-corrected chi connectivity index (χ0v) is 13.5. The minimum Gasteiger partial charge on any atom is -0.352 e. The second-order valence-electron chi connectivity index (χ2n) is 4.55. The molecule has 0 aliphatic carbocycles. The molecule has 0 bridgehead atoms. The van der Waals surface area contributed by atoms with Gasteiger partial charge in [0, 0.05) is 4.88 Å². The van der Waals surface area contributed by atoms with Crippen molar-refractivity contribution in [3.63, 3.8) is 0 Å². The smallest absolute Gasteiger partial charge is 0.259 e. The van der Waals surface area contributed by atoms with Gasteiger partial charge in [-0.1, -0.05) is 29.5 Å². The van der Waals surface area contributed by atoms with E-state index in [4.69, 9.17) is 0 Å². The number of nitrogens with one attached hydrogen (secondary N) is 2. The monoisotopic (exact) mass is 330 g/mol. The van der Waals surface area contributed by atoms with E-state index in [1.807, 2.05) is 48.7 Å². The maximum atomic E-state index is 11.8. The number of nitrogens with zero attached hydrogens (tertiary/aromatic N) is 2. The number of para-hydroxylation sites is 1. The van der Waals surface area contributed by atoms with Gasteiger partial charge in [0.2, 0.25) is 0 Å². The molecular weight excluding hydrogens is 316 g/mol. The normalized spacial score (nSPS) is 11.6. The average Bonchev–Trinajstić information content (AvgIpc) is 3.19. The zero-order chi connectivity index (χ0) is 15.4. The van der Waals surface area contributed by atoms with Crippen LogP contribution in [0.4, 0.5) is 5.13 Å². The fourth-order valence-corrected chi connectivity index (χ4v) is 3.37. The second-order valence-corrected chi connectivity index (χ2v) is 6.53. The van der Waals surface area contributed by atoms with Crippen LogP contribution < -0.4 is 10.7 Å². The van der Waals surface area contributed by atoms with Crippen LogP contribution in [0.5, 0.6) is 0 Å². The lowest BCUT2D eigenvalue weighted by Gasteiger charge is -2.02. The molecule has 2 N–H and O–H groups in total. The highest BCUT2D eigenvalue weighted by atomic mass is 32.1. The van der Waals surface area contributed by atoms with Gasteiger partial charge >= 0.3 is 0 Å². The number of thiazole rings is 1. The van der Waals surface area contributed by atoms with Crippen LogP contribution in [0, 0.1) is 0 Å². The number of benzene rings is 1. The van der Waals surface area contributed by atoms with Crippen molar-refractivity contribution in [3.8, 4) is 0 Å². The van der Waals surface area contributed by atoms with Crippen molar-refractivity contribution in [1.29, 1.82) is 0 Å². The minimum absolute atomic E-state index is 0.140. The van der Waals surface area contributed by atoms with E-state index >= 15 is 0 Å². The molecule has 22 heavy (non-hydrogen) atoms. The minimum atomic E-state index is -0.199. The largest absolute Gasteiger partial charge is 0.352 e. The van der Waals surface area contributed by atoms with Gasteiger partial charge in [0.15, 0.2) is 5.13 Å². The summed E-state index contributed by atoms with van der Waals surface area (Å²) in [6, 6.07) is 11.8. The number of hydrogen-bond acceptors (Lipinski definition) is 6. The number of fused-ring (bicyclic) bond motifs is 1. The predicted molar refractivity (Wildman–Crippen MR) is 92.8 cm³/mol. The number of hydrazone groups is 1. The topological polar surface area (TPSA) is 66.4 Å². The highest BCUT2D eigenvalue weighted by molar-refractivity contribution is 7.22. The SMILES string of the molecule is C/C(=N/NC(=O)CNc1nc2ccccc2s1)c1cccs1. The molecule has 3 aromatic rings. The summed E-state index contributed by atoms with van der Waals surface area (Å²) in [6.07, 6.45) is 0. The summed E-state index contributed by atoms with van der Waals surface area (Å²) >= 11 is 3.11. The third kappa shape index (κ3) is 3.49. The van der Waals surface area contributed by atoms with Crippen LogP contribution in [0.3, 0.4) is 0 Å². The number of hydrogen-bond donors (Lipinski definition) is 2. The summed E-state index contributed by atoms with van der Waals surface area (Å²) < 4.78 is 1.09. The molecule has 0 spiro atoms. The van der Waals surface area contributed by atoms with Crippen LogP contribution in [-0.2, 0) is 4.79 Å². The van der Waals surface area contributed by atoms with E-state index in [0.29, 0.717) is 0 Å². The summed E-state index contributed by atoms with van der Waals surface area (Å²) in [7, 11) is 0. The number of aromatic nitrogens is 1. The molecule has 0 saturated carbocycles. The quantitative estimate of drug-likeness (QED) is 0.557. The summed E-state index contributed by atoms with van der Waals surface area (Å²) in [5, 5.41) is 9.82. The molecule has 1 aromatic carbocycles. The third-order valence-corrected chi connectivity index (χ3v) is 4.89. The Hall–Kier alpha value is -2.25. The van der Waals surface area contributed by atoms with E-state index in [2.05, 4.69) is 20.8 Å². The van der Waals surface area contributed by atoms with Crippen molar-refractivity contribution in [1.82, 2.24) is 10.4 Å². The molecule has 2 aromatic heterocycles. The second kappa shape index (κ2) is 6.67. The van der Waals surface area contributed by atoms with Crippen LogP contribution >= 0.6 is 22.7 Å². The number of carbonyl (C=O) groups is 1. The maximum Gasteiger partial charge on any atom is 0.259 e. The summed E-state index contributed by atoms with van der Waals surface area (Å²) in [4.78, 5) is 17.3. The van der Waals surface area contributed by atoms with Crippen LogP contribution in [0.25, 0.3) is 10.2 Å². The Morgan fingerprint density at radius 3 is 2.91 bits per heavy atom. The van der Waals surface area contributed by atoms with E-state index in [1.54, 1.807) is 11.3 Å². The molecular formula is C15H14N4OS2. The van der Waals surface area contributed by atoms with Crippen molar-refractivity contribution in [2.45, 2.75) is 6.92 Å². The molecule has 5 nitrogen and oxygen atoms in total. The lowest BCUT2D eigenvalue weighted by atomic mass is 10.3. The van der Waals surface area contributed by atoms with Gasteiger partial charge in [0.05, 0.1) is 22.5 Å². The van der Waals surface area contributed by atoms with Gasteiger partial charge in [-0.15, -0.1) is 11.3 Å². The van der Waals surface area contributed by atoms with Gasteiger partial charge in [-0.05, 0) is 30.5 Å². The van der Waals surface area contributed by atoms with Crippen molar-refractivity contribution in [3.05, 3.63) is 46.7 Å². The summed E-state index contributed by atoms with van der Waals surface area (Å²) in [5.41, 5.74) is 4.27.